The van der Waals surface area contributed by atoms with Gasteiger partial charge in [0.2, 0.25) is 0 Å². The third-order valence-electron chi connectivity index (χ3n) is 2.85. The average Bonchev–Trinajstić information content (AvgIpc) is 2.39. The number of pyridine rings is 2. The van der Waals surface area contributed by atoms with Crippen molar-refractivity contribution in [2.45, 2.75) is 0 Å². The van der Waals surface area contributed by atoms with Crippen LogP contribution in [0.1, 0.15) is 0 Å². The Morgan fingerprint density at radius 2 is 2.00 bits per heavy atom. The van der Waals surface area contributed by atoms with Crippen LogP contribution < -0.4 is 5.73 Å². The number of hydrogen-bond acceptors (Lipinski definition) is 3. The summed E-state index contributed by atoms with van der Waals surface area (Å²) in [6.45, 7) is 0. The zero-order valence-electron chi connectivity index (χ0n) is 9.77. The van der Waals surface area contributed by atoms with Crippen LogP contribution in [-0.4, -0.2) is 9.97 Å². The van der Waals surface area contributed by atoms with Crippen molar-refractivity contribution in [3.05, 3.63) is 53.4 Å². The smallest absolute Gasteiger partial charge is 0.161 e. The first-order valence-corrected chi connectivity index (χ1v) is 6.00. The van der Waals surface area contributed by atoms with Gasteiger partial charge in [-0.1, -0.05) is 17.7 Å². The monoisotopic (exact) mass is 273 g/mol. The third-order valence-corrected chi connectivity index (χ3v) is 3.17. The lowest BCUT2D eigenvalue weighted by Gasteiger charge is -2.09. The molecule has 3 nitrogen and oxygen atoms in total. The number of nitrogen functional groups attached to an aromatic ring is 1. The molecule has 0 aliphatic carbocycles. The first-order valence-electron chi connectivity index (χ1n) is 5.62. The second kappa shape index (κ2) is 4.48. The molecule has 3 aromatic rings. The molecule has 2 aromatic heterocycles. The van der Waals surface area contributed by atoms with E-state index in [-0.39, 0.29) is 11.4 Å². The predicted octanol–water partition coefficient (Wildman–Crippen LogP) is 3.67. The molecule has 2 N–H and O–H groups in total. The maximum atomic E-state index is 13.9. The van der Waals surface area contributed by atoms with E-state index in [1.807, 2.05) is 6.07 Å². The molecular formula is C14H9ClFN3. The van der Waals surface area contributed by atoms with Gasteiger partial charge >= 0.3 is 0 Å². The Morgan fingerprint density at radius 1 is 1.16 bits per heavy atom. The van der Waals surface area contributed by atoms with Crippen LogP contribution in [0.4, 0.5) is 10.2 Å². The Balaban J connectivity index is 2.33. The fourth-order valence-corrected chi connectivity index (χ4v) is 2.24. The molecular weight excluding hydrogens is 265 g/mol. The fraction of sp³-hybridized carbons (Fsp3) is 0. The molecule has 0 radical (unpaired) electrons. The van der Waals surface area contributed by atoms with E-state index in [0.29, 0.717) is 16.2 Å². The number of aromatic nitrogens is 2. The number of anilines is 1. The maximum Gasteiger partial charge on any atom is 0.161 e. The van der Waals surface area contributed by atoms with E-state index in [4.69, 9.17) is 17.3 Å². The van der Waals surface area contributed by atoms with Crippen LogP contribution in [0.15, 0.2) is 42.6 Å². The van der Waals surface area contributed by atoms with Crippen molar-refractivity contribution in [3.8, 4) is 11.1 Å². The lowest BCUT2D eigenvalue weighted by atomic mass is 10.0. The average molecular weight is 274 g/mol. The Hall–Kier alpha value is -2.20. The van der Waals surface area contributed by atoms with Gasteiger partial charge in [0, 0.05) is 22.7 Å². The zero-order valence-corrected chi connectivity index (χ0v) is 10.5. The van der Waals surface area contributed by atoms with E-state index in [1.54, 1.807) is 30.5 Å². The second-order valence-electron chi connectivity index (χ2n) is 4.07. The Morgan fingerprint density at radius 3 is 2.79 bits per heavy atom. The van der Waals surface area contributed by atoms with Crippen molar-refractivity contribution >= 4 is 28.5 Å². The van der Waals surface area contributed by atoms with E-state index >= 15 is 0 Å². The molecule has 0 aliphatic rings. The molecule has 0 amide bonds. The highest BCUT2D eigenvalue weighted by Gasteiger charge is 2.14. The highest BCUT2D eigenvalue weighted by molar-refractivity contribution is 6.33. The van der Waals surface area contributed by atoms with Gasteiger partial charge < -0.3 is 5.73 Å². The quantitative estimate of drug-likeness (QED) is 0.736. The summed E-state index contributed by atoms with van der Waals surface area (Å²) in [5.41, 5.74) is 7.14. The Labute approximate surface area is 113 Å². The molecule has 0 saturated heterocycles. The fourth-order valence-electron chi connectivity index (χ4n) is 1.97. The second-order valence-corrected chi connectivity index (χ2v) is 4.48. The molecule has 0 fully saturated rings. The number of halogens is 2. The highest BCUT2D eigenvalue weighted by atomic mass is 35.5. The molecule has 0 bridgehead atoms. The predicted molar refractivity (Wildman–Crippen MR) is 74.4 cm³/mol. The normalized spacial score (nSPS) is 10.8. The molecule has 1 aromatic carbocycles. The summed E-state index contributed by atoms with van der Waals surface area (Å²) in [7, 11) is 0. The van der Waals surface area contributed by atoms with Crippen LogP contribution >= 0.6 is 11.6 Å². The zero-order chi connectivity index (χ0) is 13.4. The van der Waals surface area contributed by atoms with Gasteiger partial charge in [0.1, 0.15) is 11.6 Å². The van der Waals surface area contributed by atoms with Crippen molar-refractivity contribution in [2.75, 3.05) is 5.73 Å². The number of rotatable bonds is 1. The summed E-state index contributed by atoms with van der Waals surface area (Å²) in [5.74, 6) is -0.220. The van der Waals surface area contributed by atoms with E-state index in [9.17, 15) is 4.39 Å². The van der Waals surface area contributed by atoms with Crippen LogP contribution in [-0.2, 0) is 0 Å². The van der Waals surface area contributed by atoms with E-state index in [1.165, 1.54) is 6.07 Å². The lowest BCUT2D eigenvalue weighted by molar-refractivity contribution is 0.631. The third kappa shape index (κ3) is 2.00. The molecule has 0 atom stereocenters. The van der Waals surface area contributed by atoms with Gasteiger partial charge in [-0.05, 0) is 30.3 Å². The van der Waals surface area contributed by atoms with Crippen LogP contribution in [0.5, 0.6) is 0 Å². The molecule has 94 valence electrons. The van der Waals surface area contributed by atoms with Crippen LogP contribution in [0, 0.1) is 5.82 Å². The van der Waals surface area contributed by atoms with Crippen molar-refractivity contribution < 1.29 is 4.39 Å². The minimum absolute atomic E-state index is 0.207. The summed E-state index contributed by atoms with van der Waals surface area (Å²) in [5, 5.41) is 1.09. The minimum Gasteiger partial charge on any atom is -0.383 e. The number of benzene rings is 1. The molecule has 0 saturated carbocycles. The molecule has 2 heterocycles. The largest absolute Gasteiger partial charge is 0.383 e. The number of nitrogens with two attached hydrogens (primary N) is 1. The van der Waals surface area contributed by atoms with E-state index in [2.05, 4.69) is 9.97 Å². The van der Waals surface area contributed by atoms with Crippen molar-refractivity contribution in [3.63, 3.8) is 0 Å². The van der Waals surface area contributed by atoms with Gasteiger partial charge in [-0.2, -0.15) is 0 Å². The van der Waals surface area contributed by atoms with Crippen LogP contribution in [0.25, 0.3) is 22.2 Å². The van der Waals surface area contributed by atoms with E-state index in [0.717, 1.165) is 5.39 Å². The van der Waals surface area contributed by atoms with Gasteiger partial charge in [-0.15, -0.1) is 0 Å². The van der Waals surface area contributed by atoms with Crippen molar-refractivity contribution in [2.24, 2.45) is 0 Å². The topological polar surface area (TPSA) is 51.8 Å². The molecule has 3 rings (SSSR count). The Kier molecular flexibility index (Phi) is 2.80. The van der Waals surface area contributed by atoms with Gasteiger partial charge in [0.25, 0.3) is 0 Å². The summed E-state index contributed by atoms with van der Waals surface area (Å²) >= 11 is 6.05. The van der Waals surface area contributed by atoms with Gasteiger partial charge in [-0.3, -0.25) is 0 Å². The number of hydrogen-bond donors (Lipinski definition) is 1. The summed E-state index contributed by atoms with van der Waals surface area (Å²) < 4.78 is 13.9. The van der Waals surface area contributed by atoms with Crippen molar-refractivity contribution in [1.29, 1.82) is 0 Å². The first kappa shape index (κ1) is 11.9. The molecule has 0 unspecified atom stereocenters. The minimum atomic E-state index is -0.427. The van der Waals surface area contributed by atoms with Gasteiger partial charge in [0.05, 0.1) is 5.02 Å². The maximum absolute atomic E-state index is 13.9. The molecule has 5 heteroatoms. The number of fused-ring (bicyclic) bond motifs is 1. The molecule has 0 aliphatic heterocycles. The Bertz CT molecular complexity index is 753. The van der Waals surface area contributed by atoms with Gasteiger partial charge in [0.15, 0.2) is 5.65 Å². The summed E-state index contributed by atoms with van der Waals surface area (Å²) in [6.07, 6.45) is 1.63. The SMILES string of the molecule is Nc1nc2ncccc2cc1-c1c(F)cccc1Cl. The lowest BCUT2D eigenvalue weighted by Crippen LogP contribution is -1.98. The molecule has 19 heavy (non-hydrogen) atoms. The first-order chi connectivity index (χ1) is 9.16. The molecule has 0 spiro atoms. The van der Waals surface area contributed by atoms with Gasteiger partial charge in [-0.25, -0.2) is 14.4 Å². The van der Waals surface area contributed by atoms with Crippen LogP contribution in [0.2, 0.25) is 5.02 Å². The van der Waals surface area contributed by atoms with Crippen molar-refractivity contribution in [1.82, 2.24) is 9.97 Å². The summed E-state index contributed by atoms with van der Waals surface area (Å²) in [6, 6.07) is 9.88. The highest BCUT2D eigenvalue weighted by Crippen LogP contribution is 2.34. The van der Waals surface area contributed by atoms with Crippen LogP contribution in [0.3, 0.4) is 0 Å². The summed E-state index contributed by atoms with van der Waals surface area (Å²) in [4.78, 5) is 8.28. The number of nitrogens with zero attached hydrogens (tertiary/aromatic N) is 2. The standard InChI is InChI=1S/C14H9ClFN3/c15-10-4-1-5-11(16)12(10)9-7-8-3-2-6-18-14(8)19-13(9)17/h1-7H,(H2,17,18,19). The van der Waals surface area contributed by atoms with E-state index < -0.39 is 5.82 Å².